The molecule has 0 heterocycles. The molecule has 19 heavy (non-hydrogen) atoms. The van der Waals surface area contributed by atoms with Crippen LogP contribution >= 0.6 is 11.6 Å². The van der Waals surface area contributed by atoms with Crippen molar-refractivity contribution < 1.29 is 14.7 Å². The summed E-state index contributed by atoms with van der Waals surface area (Å²) in [5.41, 5.74) is 0.106. The molecule has 1 aromatic carbocycles. The third-order valence-corrected chi connectivity index (χ3v) is 2.68. The molecule has 0 aromatic heterocycles. The highest BCUT2D eigenvalue weighted by molar-refractivity contribution is 6.30. The summed E-state index contributed by atoms with van der Waals surface area (Å²) in [5, 5.41) is 12.5. The zero-order valence-corrected chi connectivity index (χ0v) is 12.0. The summed E-state index contributed by atoms with van der Waals surface area (Å²) in [6, 6.07) is 5.68. The number of nitrogens with one attached hydrogen (secondary N) is 1. The van der Waals surface area contributed by atoms with Crippen molar-refractivity contribution in [2.45, 2.75) is 38.8 Å². The Balaban J connectivity index is 2.93. The standard InChI is InChI=1S/C14H18ClNO3/c1-14(2,3)16-11(8-12(17)18)13(19)9-4-6-10(15)7-5-9/h4-7,11,16H,8H2,1-3H3,(H,17,18). The molecule has 104 valence electrons. The second-order valence-corrected chi connectivity index (χ2v) is 5.85. The molecule has 5 heteroatoms. The predicted molar refractivity (Wildman–Crippen MR) is 74.7 cm³/mol. The molecule has 0 aliphatic rings. The highest BCUT2D eigenvalue weighted by atomic mass is 35.5. The molecular weight excluding hydrogens is 266 g/mol. The third-order valence-electron chi connectivity index (χ3n) is 2.43. The first kappa shape index (κ1) is 15.7. The maximum atomic E-state index is 12.3. The van der Waals surface area contributed by atoms with Crippen molar-refractivity contribution >= 4 is 23.4 Å². The van der Waals surface area contributed by atoms with E-state index in [4.69, 9.17) is 16.7 Å². The SMILES string of the molecule is CC(C)(C)NC(CC(=O)O)C(=O)c1ccc(Cl)cc1. The first-order valence-electron chi connectivity index (χ1n) is 5.98. The molecule has 0 aliphatic carbocycles. The molecule has 0 aliphatic heterocycles. The van der Waals surface area contributed by atoms with E-state index in [9.17, 15) is 9.59 Å². The monoisotopic (exact) mass is 283 g/mol. The normalized spacial score (nSPS) is 13.1. The van der Waals surface area contributed by atoms with Crippen LogP contribution in [0.1, 0.15) is 37.6 Å². The van der Waals surface area contributed by atoms with Gasteiger partial charge in [-0.1, -0.05) is 11.6 Å². The third kappa shape index (κ3) is 5.41. The topological polar surface area (TPSA) is 66.4 Å². The first-order chi connectivity index (χ1) is 8.69. The van der Waals surface area contributed by atoms with E-state index in [1.54, 1.807) is 24.3 Å². The molecule has 1 rings (SSSR count). The summed E-state index contributed by atoms with van der Waals surface area (Å²) in [7, 11) is 0. The van der Waals surface area contributed by atoms with Crippen LogP contribution in [0.25, 0.3) is 0 Å². The largest absolute Gasteiger partial charge is 0.481 e. The highest BCUT2D eigenvalue weighted by Crippen LogP contribution is 2.14. The van der Waals surface area contributed by atoms with E-state index in [-0.39, 0.29) is 17.7 Å². The number of benzene rings is 1. The van der Waals surface area contributed by atoms with Crippen LogP contribution in [0.3, 0.4) is 0 Å². The number of rotatable bonds is 5. The molecule has 1 atom stereocenters. The van der Waals surface area contributed by atoms with E-state index in [0.717, 1.165) is 0 Å². The second kappa shape index (κ2) is 6.17. The Labute approximate surface area is 117 Å². The number of carbonyl (C=O) groups is 2. The number of ketones is 1. The van der Waals surface area contributed by atoms with Gasteiger partial charge in [-0.25, -0.2) is 0 Å². The van der Waals surface area contributed by atoms with Gasteiger partial charge in [0.1, 0.15) is 0 Å². The van der Waals surface area contributed by atoms with Gasteiger partial charge in [-0.15, -0.1) is 0 Å². The maximum absolute atomic E-state index is 12.3. The lowest BCUT2D eigenvalue weighted by Crippen LogP contribution is -2.48. The molecule has 1 unspecified atom stereocenters. The Bertz CT molecular complexity index is 463. The molecule has 0 radical (unpaired) electrons. The molecule has 0 saturated heterocycles. The quantitative estimate of drug-likeness (QED) is 0.816. The van der Waals surface area contributed by atoms with Crippen LogP contribution in [0, 0.1) is 0 Å². The van der Waals surface area contributed by atoms with Crippen molar-refractivity contribution in [3.63, 3.8) is 0 Å². The highest BCUT2D eigenvalue weighted by Gasteiger charge is 2.26. The Morgan fingerprint density at radius 3 is 2.21 bits per heavy atom. The Hall–Kier alpha value is -1.39. The number of halogens is 1. The van der Waals surface area contributed by atoms with Gasteiger partial charge in [0, 0.05) is 16.1 Å². The van der Waals surface area contributed by atoms with E-state index in [2.05, 4.69) is 5.32 Å². The van der Waals surface area contributed by atoms with Gasteiger partial charge in [-0.05, 0) is 45.0 Å². The average Bonchev–Trinajstić information content (AvgIpc) is 2.25. The lowest BCUT2D eigenvalue weighted by atomic mass is 9.98. The van der Waals surface area contributed by atoms with Crippen molar-refractivity contribution in [3.8, 4) is 0 Å². The van der Waals surface area contributed by atoms with Crippen LogP contribution in [0.4, 0.5) is 0 Å². The van der Waals surface area contributed by atoms with Gasteiger partial charge in [0.15, 0.2) is 5.78 Å². The summed E-state index contributed by atoms with van der Waals surface area (Å²) in [6.45, 7) is 5.66. The lowest BCUT2D eigenvalue weighted by molar-refractivity contribution is -0.137. The Kier molecular flexibility index (Phi) is 5.09. The number of carbonyl (C=O) groups excluding carboxylic acids is 1. The number of carboxylic acids is 1. The lowest BCUT2D eigenvalue weighted by Gasteiger charge is -2.26. The molecule has 0 fully saturated rings. The minimum absolute atomic E-state index is 0.242. The first-order valence-corrected chi connectivity index (χ1v) is 6.36. The smallest absolute Gasteiger partial charge is 0.305 e. The Morgan fingerprint density at radius 1 is 1.26 bits per heavy atom. The summed E-state index contributed by atoms with van der Waals surface area (Å²) < 4.78 is 0. The van der Waals surface area contributed by atoms with Crippen molar-refractivity contribution in [1.29, 1.82) is 0 Å². The summed E-state index contributed by atoms with van der Waals surface area (Å²) in [6.07, 6.45) is -0.251. The van der Waals surface area contributed by atoms with Gasteiger partial charge in [0.05, 0.1) is 12.5 Å². The fourth-order valence-corrected chi connectivity index (χ4v) is 1.85. The van der Waals surface area contributed by atoms with Crippen LogP contribution in [0.5, 0.6) is 0 Å². The van der Waals surface area contributed by atoms with E-state index in [1.807, 2.05) is 20.8 Å². The Morgan fingerprint density at radius 2 is 1.79 bits per heavy atom. The van der Waals surface area contributed by atoms with Gasteiger partial charge >= 0.3 is 5.97 Å². The van der Waals surface area contributed by atoms with E-state index in [1.165, 1.54) is 0 Å². The fraction of sp³-hybridized carbons (Fsp3) is 0.429. The van der Waals surface area contributed by atoms with Crippen LogP contribution < -0.4 is 5.32 Å². The van der Waals surface area contributed by atoms with Gasteiger partial charge in [0.25, 0.3) is 0 Å². The molecular formula is C14H18ClNO3. The zero-order valence-electron chi connectivity index (χ0n) is 11.2. The molecule has 0 saturated carbocycles. The molecule has 4 nitrogen and oxygen atoms in total. The predicted octanol–water partition coefficient (Wildman–Crippen LogP) is 2.75. The van der Waals surface area contributed by atoms with E-state index >= 15 is 0 Å². The van der Waals surface area contributed by atoms with Crippen LogP contribution in [-0.4, -0.2) is 28.4 Å². The summed E-state index contributed by atoms with van der Waals surface area (Å²) >= 11 is 5.77. The second-order valence-electron chi connectivity index (χ2n) is 5.42. The number of hydrogen-bond donors (Lipinski definition) is 2. The van der Waals surface area contributed by atoms with Crippen LogP contribution in [-0.2, 0) is 4.79 Å². The average molecular weight is 284 g/mol. The van der Waals surface area contributed by atoms with Crippen molar-refractivity contribution in [2.24, 2.45) is 0 Å². The number of carboxylic acid groups (broad SMARTS) is 1. The van der Waals surface area contributed by atoms with Crippen LogP contribution in [0.15, 0.2) is 24.3 Å². The maximum Gasteiger partial charge on any atom is 0.305 e. The number of aliphatic carboxylic acids is 1. The van der Waals surface area contributed by atoms with Crippen LogP contribution in [0.2, 0.25) is 5.02 Å². The molecule has 0 bridgehead atoms. The molecule has 2 N–H and O–H groups in total. The van der Waals surface area contributed by atoms with Gasteiger partial charge in [0.2, 0.25) is 0 Å². The van der Waals surface area contributed by atoms with E-state index in [0.29, 0.717) is 10.6 Å². The fourth-order valence-electron chi connectivity index (χ4n) is 1.72. The summed E-state index contributed by atoms with van der Waals surface area (Å²) in [5.74, 6) is -1.25. The van der Waals surface area contributed by atoms with E-state index < -0.39 is 12.0 Å². The van der Waals surface area contributed by atoms with Gasteiger partial charge in [-0.2, -0.15) is 0 Å². The minimum Gasteiger partial charge on any atom is -0.481 e. The van der Waals surface area contributed by atoms with Gasteiger partial charge in [-0.3, -0.25) is 9.59 Å². The summed E-state index contributed by atoms with van der Waals surface area (Å²) in [4.78, 5) is 23.2. The molecule has 0 spiro atoms. The number of hydrogen-bond acceptors (Lipinski definition) is 3. The van der Waals surface area contributed by atoms with Crippen molar-refractivity contribution in [3.05, 3.63) is 34.9 Å². The van der Waals surface area contributed by atoms with Crippen molar-refractivity contribution in [1.82, 2.24) is 5.32 Å². The zero-order chi connectivity index (χ0) is 14.6. The molecule has 1 aromatic rings. The molecule has 0 amide bonds. The van der Waals surface area contributed by atoms with Gasteiger partial charge < -0.3 is 10.4 Å². The number of Topliss-reactive ketones (excluding diaryl/α,β-unsaturated/α-hetero) is 1. The minimum atomic E-state index is -1.01. The van der Waals surface area contributed by atoms with Crippen molar-refractivity contribution in [2.75, 3.05) is 0 Å².